The molecule has 0 aliphatic rings. The second-order valence-electron chi connectivity index (χ2n) is 0. The fourth-order valence-corrected chi connectivity index (χ4v) is 0. The van der Waals surface area contributed by atoms with Crippen molar-refractivity contribution >= 4 is 68.7 Å². The predicted octanol–water partition coefficient (Wildman–Crippen LogP) is -1.04. The fraction of sp³-hybridized carbons (Fsp3) is 0. The molecule has 0 aliphatic heterocycles. The Labute approximate surface area is 120 Å². The van der Waals surface area contributed by atoms with E-state index in [1.54, 1.807) is 0 Å². The van der Waals surface area contributed by atoms with Crippen LogP contribution < -0.4 is 0 Å². The molecule has 0 aromatic carbocycles. The van der Waals surface area contributed by atoms with E-state index >= 15 is 0 Å². The van der Waals surface area contributed by atoms with Gasteiger partial charge in [0.1, 0.15) is 0 Å². The summed E-state index contributed by atoms with van der Waals surface area (Å²) >= 11 is 0. The number of hydrogen-bond acceptors (Lipinski definition) is 0. The fourth-order valence-electron chi connectivity index (χ4n) is 0. The molecule has 5 heteroatoms. The molecule has 0 rings (SSSR count). The molecule has 4 radical (unpaired) electrons. The van der Waals surface area contributed by atoms with Crippen LogP contribution in [-0.4, -0.2) is 68.7 Å². The molecule has 0 nitrogen and oxygen atoms in total. The minimum Gasteiger partial charge on any atom is 0 e. The zero-order chi connectivity index (χ0) is 0. The molecule has 0 saturated carbocycles. The topological polar surface area (TPSA) is 0 Å². The maximum Gasteiger partial charge on any atom is 0 e. The zero-order valence-electron chi connectivity index (χ0n) is 1.67. The van der Waals surface area contributed by atoms with Crippen LogP contribution in [0.3, 0.4) is 0 Å². The molecule has 0 spiro atoms. The maximum absolute atomic E-state index is 0. The molecule has 0 amide bonds. The standard InChI is InChI=1S/Al.Cr.Fe.K.Rh.H. The van der Waals surface area contributed by atoms with E-state index in [0.717, 1.165) is 0 Å². The minimum atomic E-state index is 0. The summed E-state index contributed by atoms with van der Waals surface area (Å²) < 4.78 is 0. The third kappa shape index (κ3) is 18.1. The van der Waals surface area contributed by atoms with Gasteiger partial charge in [0.05, 0.1) is 0 Å². The first-order chi connectivity index (χ1) is 0. The molecular weight excluding hydrogens is 277 g/mol. The summed E-state index contributed by atoms with van der Waals surface area (Å²) in [4.78, 5) is 0. The Kier molecular flexibility index (Phi) is 183. The van der Waals surface area contributed by atoms with Crippen LogP contribution >= 0.6 is 0 Å². The van der Waals surface area contributed by atoms with Crippen LogP contribution in [-0.2, 0) is 53.9 Å². The maximum atomic E-state index is 0. The normalized spacial score (nSPS) is 0. The first kappa shape index (κ1) is 36.8. The first-order valence-electron chi connectivity index (χ1n) is 0. The monoisotopic (exact) mass is 278 g/mol. The van der Waals surface area contributed by atoms with Crippen LogP contribution in [0.4, 0.5) is 0 Å². The van der Waals surface area contributed by atoms with Gasteiger partial charge in [-0.3, -0.25) is 0 Å². The Morgan fingerprint density at radius 2 is 1.00 bits per heavy atom. The van der Waals surface area contributed by atoms with Crippen LogP contribution in [0.5, 0.6) is 0 Å². The summed E-state index contributed by atoms with van der Waals surface area (Å²) in [7, 11) is 0. The molecule has 0 N–H and O–H groups in total. The quantitative estimate of drug-likeness (QED) is 0.497. The molecule has 0 aromatic rings. The van der Waals surface area contributed by atoms with Gasteiger partial charge in [-0.25, -0.2) is 0 Å². The molecule has 0 unspecified atom stereocenters. The molecule has 0 atom stereocenters. The minimum absolute atomic E-state index is 0. The van der Waals surface area contributed by atoms with Crippen molar-refractivity contribution in [2.24, 2.45) is 0 Å². The molecule has 0 bridgehead atoms. The summed E-state index contributed by atoms with van der Waals surface area (Å²) in [6, 6.07) is 0. The van der Waals surface area contributed by atoms with E-state index in [1.165, 1.54) is 0 Å². The molecule has 0 fully saturated rings. The van der Waals surface area contributed by atoms with Crippen molar-refractivity contribution in [3.8, 4) is 0 Å². The van der Waals surface area contributed by atoms with Gasteiger partial charge in [-0.1, -0.05) is 0 Å². The van der Waals surface area contributed by atoms with Crippen molar-refractivity contribution < 1.29 is 53.9 Å². The SMILES string of the molecule is [Al].[Cr].[Fe].[KH].[Rh]. The van der Waals surface area contributed by atoms with Gasteiger partial charge in [-0.05, 0) is 0 Å². The molecule has 0 heterocycles. The van der Waals surface area contributed by atoms with Gasteiger partial charge >= 0.3 is 51.4 Å². The van der Waals surface area contributed by atoms with Crippen LogP contribution in [0, 0.1) is 0 Å². The summed E-state index contributed by atoms with van der Waals surface area (Å²) in [6.45, 7) is 0. The predicted molar refractivity (Wildman–Crippen MR) is 12.9 cm³/mol. The van der Waals surface area contributed by atoms with Gasteiger partial charge in [0, 0.05) is 71.3 Å². The number of hydrogen-bond donors (Lipinski definition) is 0. The molecule has 28 valence electrons. The average molecular weight is 278 g/mol. The molecule has 0 aliphatic carbocycles. The van der Waals surface area contributed by atoms with E-state index in [4.69, 9.17) is 0 Å². The van der Waals surface area contributed by atoms with Crippen molar-refractivity contribution in [2.75, 3.05) is 0 Å². The Bertz CT molecular complexity index is 11.6. The van der Waals surface area contributed by atoms with Crippen molar-refractivity contribution in [3.05, 3.63) is 0 Å². The van der Waals surface area contributed by atoms with Crippen LogP contribution in [0.2, 0.25) is 0 Å². The first-order valence-corrected chi connectivity index (χ1v) is 0. The Morgan fingerprint density at radius 3 is 1.00 bits per heavy atom. The van der Waals surface area contributed by atoms with E-state index in [-0.39, 0.29) is 123 Å². The Morgan fingerprint density at radius 1 is 1.00 bits per heavy atom. The van der Waals surface area contributed by atoms with Gasteiger partial charge in [0.25, 0.3) is 0 Å². The smallest absolute Gasteiger partial charge is 0 e. The van der Waals surface area contributed by atoms with Crippen LogP contribution in [0.1, 0.15) is 0 Å². The average Bonchev–Trinajstić information content (AvgIpc) is 0. The molecule has 5 heavy (non-hydrogen) atoms. The summed E-state index contributed by atoms with van der Waals surface area (Å²) in [6.07, 6.45) is 0. The second kappa shape index (κ2) is 24.9. The Hall–Kier alpha value is 3.84. The van der Waals surface area contributed by atoms with Gasteiger partial charge in [-0.2, -0.15) is 0 Å². The van der Waals surface area contributed by atoms with E-state index in [2.05, 4.69) is 0 Å². The summed E-state index contributed by atoms with van der Waals surface area (Å²) in [5, 5.41) is 0. The second-order valence-corrected chi connectivity index (χ2v) is 0. The van der Waals surface area contributed by atoms with Crippen molar-refractivity contribution in [3.63, 3.8) is 0 Å². The summed E-state index contributed by atoms with van der Waals surface area (Å²) in [5.41, 5.74) is 0. The summed E-state index contributed by atoms with van der Waals surface area (Å²) in [5.74, 6) is 0. The van der Waals surface area contributed by atoms with E-state index in [9.17, 15) is 0 Å². The van der Waals surface area contributed by atoms with Gasteiger partial charge in [0.2, 0.25) is 0 Å². The van der Waals surface area contributed by atoms with Crippen LogP contribution in [0.15, 0.2) is 0 Å². The Balaban J connectivity index is 0. The third-order valence-electron chi connectivity index (χ3n) is 0. The third-order valence-corrected chi connectivity index (χ3v) is 0. The molecular formula is HAlCrFeKRh. The molecule has 0 saturated heterocycles. The van der Waals surface area contributed by atoms with E-state index in [1.807, 2.05) is 0 Å². The molecule has 0 aromatic heterocycles. The van der Waals surface area contributed by atoms with E-state index in [0.29, 0.717) is 0 Å². The van der Waals surface area contributed by atoms with E-state index < -0.39 is 0 Å². The van der Waals surface area contributed by atoms with Gasteiger partial charge in [-0.15, -0.1) is 0 Å². The van der Waals surface area contributed by atoms with Crippen LogP contribution in [0.25, 0.3) is 0 Å². The zero-order valence-corrected chi connectivity index (χ0v) is 6.85. The van der Waals surface area contributed by atoms with Gasteiger partial charge < -0.3 is 0 Å². The van der Waals surface area contributed by atoms with Crippen molar-refractivity contribution in [1.29, 1.82) is 0 Å². The number of rotatable bonds is 0. The van der Waals surface area contributed by atoms with Gasteiger partial charge in [0.15, 0.2) is 0 Å². The largest absolute Gasteiger partial charge is 0 e. The van der Waals surface area contributed by atoms with Crippen molar-refractivity contribution in [1.82, 2.24) is 0 Å². The van der Waals surface area contributed by atoms with Crippen molar-refractivity contribution in [2.45, 2.75) is 0 Å².